The van der Waals surface area contributed by atoms with Crippen LogP contribution in [0.3, 0.4) is 0 Å². The summed E-state index contributed by atoms with van der Waals surface area (Å²) in [6.45, 7) is 8.80. The Labute approximate surface area is 133 Å². The van der Waals surface area contributed by atoms with Crippen molar-refractivity contribution in [3.63, 3.8) is 0 Å². The van der Waals surface area contributed by atoms with Gasteiger partial charge in [0.15, 0.2) is 0 Å². The van der Waals surface area contributed by atoms with Gasteiger partial charge in [-0.05, 0) is 38.5 Å². The van der Waals surface area contributed by atoms with Gasteiger partial charge in [0.2, 0.25) is 0 Å². The molecule has 22 heavy (non-hydrogen) atoms. The number of hydrogen-bond acceptors (Lipinski definition) is 5. The minimum absolute atomic E-state index is 0.110. The molecule has 1 fully saturated rings. The zero-order valence-electron chi connectivity index (χ0n) is 14.3. The second kappa shape index (κ2) is 8.06. The molecule has 1 aliphatic rings. The molecule has 0 aromatic heterocycles. The van der Waals surface area contributed by atoms with Crippen LogP contribution in [0, 0.1) is 23.7 Å². The fourth-order valence-electron chi connectivity index (χ4n) is 3.17. The Bertz CT molecular complexity index is 393. The third kappa shape index (κ3) is 4.78. The summed E-state index contributed by atoms with van der Waals surface area (Å²) in [5.74, 6) is -1.41. The van der Waals surface area contributed by atoms with E-state index >= 15 is 0 Å². The van der Waals surface area contributed by atoms with E-state index in [1.807, 2.05) is 20.8 Å². The minimum Gasteiger partial charge on any atom is -0.459 e. The summed E-state index contributed by atoms with van der Waals surface area (Å²) in [7, 11) is 0. The van der Waals surface area contributed by atoms with E-state index in [0.29, 0.717) is 19.3 Å². The molecule has 5 heteroatoms. The predicted octanol–water partition coefficient (Wildman–Crippen LogP) is 1.94. The molecule has 7 atom stereocenters. The Morgan fingerprint density at radius 3 is 2.27 bits per heavy atom. The van der Waals surface area contributed by atoms with E-state index in [-0.39, 0.29) is 23.5 Å². The van der Waals surface area contributed by atoms with Gasteiger partial charge in [0.05, 0.1) is 18.1 Å². The highest BCUT2D eigenvalue weighted by molar-refractivity contribution is 5.80. The summed E-state index contributed by atoms with van der Waals surface area (Å²) in [5, 5.41) is 20.2. The van der Waals surface area contributed by atoms with Crippen LogP contribution in [0.5, 0.6) is 0 Å². The van der Waals surface area contributed by atoms with E-state index in [1.165, 1.54) is 0 Å². The third-order valence-corrected chi connectivity index (χ3v) is 4.88. The summed E-state index contributed by atoms with van der Waals surface area (Å²) < 4.78 is 5.43. The Morgan fingerprint density at radius 1 is 1.14 bits per heavy atom. The molecule has 128 valence electrons. The van der Waals surface area contributed by atoms with E-state index in [9.17, 15) is 19.8 Å². The van der Waals surface area contributed by atoms with E-state index < -0.39 is 30.2 Å². The van der Waals surface area contributed by atoms with Crippen LogP contribution in [-0.4, -0.2) is 40.3 Å². The van der Waals surface area contributed by atoms with Crippen LogP contribution in [0.1, 0.15) is 53.9 Å². The highest BCUT2D eigenvalue weighted by Gasteiger charge is 2.35. The molecule has 0 aromatic carbocycles. The van der Waals surface area contributed by atoms with E-state index in [0.717, 1.165) is 0 Å². The lowest BCUT2D eigenvalue weighted by molar-refractivity contribution is -0.168. The number of aliphatic hydroxyl groups excluding tert-OH is 2. The SMILES string of the molecule is C[C@@H]1C[C@H](C)[C@H](O)[C@@H](C)C(=O)OC([C@@H](C)O)[C@H](C)CCC1=O. The molecule has 1 aliphatic heterocycles. The highest BCUT2D eigenvalue weighted by Crippen LogP contribution is 2.27. The molecule has 0 saturated carbocycles. The molecule has 0 radical (unpaired) electrons. The van der Waals surface area contributed by atoms with Crippen molar-refractivity contribution < 1.29 is 24.5 Å². The molecule has 2 N–H and O–H groups in total. The zero-order valence-corrected chi connectivity index (χ0v) is 14.3. The number of aliphatic hydroxyl groups is 2. The van der Waals surface area contributed by atoms with Crippen molar-refractivity contribution in [2.45, 2.75) is 72.2 Å². The average molecular weight is 314 g/mol. The smallest absolute Gasteiger partial charge is 0.311 e. The van der Waals surface area contributed by atoms with Gasteiger partial charge in [-0.15, -0.1) is 0 Å². The molecule has 0 bridgehead atoms. The number of ketones is 1. The van der Waals surface area contributed by atoms with Crippen LogP contribution in [0.15, 0.2) is 0 Å². The number of rotatable bonds is 1. The molecular formula is C17H30O5. The summed E-state index contributed by atoms with van der Waals surface area (Å²) in [6, 6.07) is 0. The second-order valence-electron chi connectivity index (χ2n) is 7.02. The van der Waals surface area contributed by atoms with Crippen LogP contribution in [-0.2, 0) is 14.3 Å². The molecule has 0 aromatic rings. The van der Waals surface area contributed by atoms with Crippen molar-refractivity contribution in [1.29, 1.82) is 0 Å². The number of hydrogen-bond donors (Lipinski definition) is 2. The molecule has 1 heterocycles. The van der Waals surface area contributed by atoms with Crippen LogP contribution in [0.25, 0.3) is 0 Å². The number of carbonyl (C=O) groups excluding carboxylic acids is 2. The fraction of sp³-hybridized carbons (Fsp3) is 0.882. The van der Waals surface area contributed by atoms with Crippen molar-refractivity contribution in [3.8, 4) is 0 Å². The first-order chi connectivity index (χ1) is 10.1. The molecule has 5 nitrogen and oxygen atoms in total. The Kier molecular flexibility index (Phi) is 7.00. The predicted molar refractivity (Wildman–Crippen MR) is 83.1 cm³/mol. The van der Waals surface area contributed by atoms with Gasteiger partial charge in [0.25, 0.3) is 0 Å². The summed E-state index contributed by atoms with van der Waals surface area (Å²) in [6.07, 6.45) is -0.770. The van der Waals surface area contributed by atoms with Gasteiger partial charge in [-0.3, -0.25) is 9.59 Å². The van der Waals surface area contributed by atoms with Crippen molar-refractivity contribution >= 4 is 11.8 Å². The Balaban J connectivity index is 3.00. The fourth-order valence-corrected chi connectivity index (χ4v) is 3.17. The average Bonchev–Trinajstić information content (AvgIpc) is 2.46. The molecular weight excluding hydrogens is 284 g/mol. The van der Waals surface area contributed by atoms with Gasteiger partial charge in [0, 0.05) is 12.3 Å². The standard InChI is InChI=1S/C17H30O5/c1-9-6-7-14(19)10(2)8-11(3)15(20)12(4)17(21)22-16(9)13(5)18/h9-13,15-16,18,20H,6-8H2,1-5H3/t9-,10-,11+,12-,13-,15+,16?/m1/s1. The monoisotopic (exact) mass is 314 g/mol. The second-order valence-corrected chi connectivity index (χ2v) is 7.02. The first-order valence-corrected chi connectivity index (χ1v) is 8.24. The molecule has 1 saturated heterocycles. The van der Waals surface area contributed by atoms with Crippen molar-refractivity contribution in [1.82, 2.24) is 0 Å². The van der Waals surface area contributed by atoms with Gasteiger partial charge in [-0.2, -0.15) is 0 Å². The number of esters is 1. The van der Waals surface area contributed by atoms with Gasteiger partial charge in [-0.25, -0.2) is 0 Å². The van der Waals surface area contributed by atoms with E-state index in [1.54, 1.807) is 13.8 Å². The topological polar surface area (TPSA) is 83.8 Å². The van der Waals surface area contributed by atoms with Gasteiger partial charge in [0.1, 0.15) is 11.9 Å². The number of ether oxygens (including phenoxy) is 1. The van der Waals surface area contributed by atoms with Gasteiger partial charge < -0.3 is 14.9 Å². The Hall–Kier alpha value is -0.940. The maximum absolute atomic E-state index is 12.2. The normalized spacial score (nSPS) is 40.3. The van der Waals surface area contributed by atoms with Gasteiger partial charge >= 0.3 is 5.97 Å². The molecule has 0 aliphatic carbocycles. The molecule has 0 spiro atoms. The van der Waals surface area contributed by atoms with Crippen LogP contribution in [0.2, 0.25) is 0 Å². The third-order valence-electron chi connectivity index (χ3n) is 4.88. The summed E-state index contributed by atoms with van der Waals surface area (Å²) >= 11 is 0. The van der Waals surface area contributed by atoms with Gasteiger partial charge in [-0.1, -0.05) is 20.8 Å². The van der Waals surface area contributed by atoms with E-state index in [4.69, 9.17) is 4.74 Å². The lowest BCUT2D eigenvalue weighted by atomic mass is 9.83. The van der Waals surface area contributed by atoms with E-state index in [2.05, 4.69) is 0 Å². The Morgan fingerprint density at radius 2 is 1.73 bits per heavy atom. The maximum Gasteiger partial charge on any atom is 0.311 e. The van der Waals surface area contributed by atoms with Crippen LogP contribution >= 0.6 is 0 Å². The quantitative estimate of drug-likeness (QED) is 0.723. The maximum atomic E-state index is 12.2. The lowest BCUT2D eigenvalue weighted by Crippen LogP contribution is -2.41. The zero-order chi connectivity index (χ0) is 17.0. The van der Waals surface area contributed by atoms with Crippen molar-refractivity contribution in [3.05, 3.63) is 0 Å². The van der Waals surface area contributed by atoms with Crippen molar-refractivity contribution in [2.75, 3.05) is 0 Å². The summed E-state index contributed by atoms with van der Waals surface area (Å²) in [4.78, 5) is 24.4. The first-order valence-electron chi connectivity index (χ1n) is 8.24. The van der Waals surface area contributed by atoms with Crippen LogP contribution < -0.4 is 0 Å². The minimum atomic E-state index is -0.855. The number of carbonyl (C=O) groups is 2. The lowest BCUT2D eigenvalue weighted by Gasteiger charge is -2.31. The molecule has 0 amide bonds. The molecule has 1 unspecified atom stereocenters. The first kappa shape index (κ1) is 19.1. The highest BCUT2D eigenvalue weighted by atomic mass is 16.6. The van der Waals surface area contributed by atoms with Crippen LogP contribution in [0.4, 0.5) is 0 Å². The summed E-state index contributed by atoms with van der Waals surface area (Å²) in [5.41, 5.74) is 0. The molecule has 1 rings (SSSR count). The largest absolute Gasteiger partial charge is 0.459 e. The number of cyclic esters (lactones) is 1. The number of Topliss-reactive ketones (excluding diaryl/α,β-unsaturated/α-hetero) is 1. The van der Waals surface area contributed by atoms with Crippen molar-refractivity contribution in [2.24, 2.45) is 23.7 Å².